The lowest BCUT2D eigenvalue weighted by Gasteiger charge is -2.51. The van der Waals surface area contributed by atoms with Crippen LogP contribution in [0.2, 0.25) is 0 Å². The standard InChI is InChI=1S/C47H79N3O35/c1-11(57)48-21-30(66)36(18(8-55)74-41(21)72)81-43-23(50-13(3)59)31(67)37(19(9-56)79-43)82-47-40(85-44-34(70)27(63)17(7-54)77-44)38(83-45-35(71)32(68)25(61)15(5-52)76-45)28(64)20(80-47)10-73-46-39(33(69)26(62)16(6-53)78-46)84-42-22(49-12(2)58)29(65)24(60)14(4-51)75-42/h14-47,51-56,60-72H,4-10H2,1-3H3,(H,48,57)(H,49,58)(H,50,59)/t14-,15-,16-,17-,18-,19-,20-,21-,22-,23-,24-,25-,26-,27+,28-,29-,30-,31-,32+,33+,34-,35+,36-,37-,38+,39+,40+,41?,42+,43+,44+,45-,46+,47+/m1/s1. The normalized spacial score (nSPS) is 48.8. The largest absolute Gasteiger partial charge is 0.394 e. The van der Waals surface area contributed by atoms with E-state index in [9.17, 15) is 111 Å². The topological polar surface area (TPSA) is 592 Å². The Morgan fingerprint density at radius 2 is 0.647 bits per heavy atom. The molecule has 7 aliphatic heterocycles. The van der Waals surface area contributed by atoms with Crippen molar-refractivity contribution in [1.29, 1.82) is 0 Å². The van der Waals surface area contributed by atoms with Crippen LogP contribution in [0.3, 0.4) is 0 Å². The maximum atomic E-state index is 12.9. The summed E-state index contributed by atoms with van der Waals surface area (Å²) in [6, 6.07) is -5.12. The lowest BCUT2D eigenvalue weighted by Crippen LogP contribution is -2.70. The minimum Gasteiger partial charge on any atom is -0.394 e. The first-order valence-corrected chi connectivity index (χ1v) is 27.0. The van der Waals surface area contributed by atoms with Crippen molar-refractivity contribution in [2.24, 2.45) is 0 Å². The van der Waals surface area contributed by atoms with Crippen LogP contribution in [0.25, 0.3) is 0 Å². The smallest absolute Gasteiger partial charge is 0.217 e. The van der Waals surface area contributed by atoms with E-state index in [2.05, 4.69) is 16.0 Å². The first-order valence-electron chi connectivity index (χ1n) is 27.0. The van der Waals surface area contributed by atoms with Crippen LogP contribution in [-0.2, 0) is 76.0 Å². The molecule has 3 amide bonds. The lowest BCUT2D eigenvalue weighted by molar-refractivity contribution is -0.399. The van der Waals surface area contributed by atoms with Crippen LogP contribution in [0.1, 0.15) is 20.8 Å². The molecule has 1 unspecified atom stereocenters. The highest BCUT2D eigenvalue weighted by Crippen LogP contribution is 2.39. The predicted molar refractivity (Wildman–Crippen MR) is 261 cm³/mol. The summed E-state index contributed by atoms with van der Waals surface area (Å²) in [4.78, 5) is 37.2. The molecule has 0 aliphatic carbocycles. The zero-order chi connectivity index (χ0) is 62.6. The molecule has 38 heteroatoms. The second kappa shape index (κ2) is 30.3. The molecule has 0 saturated carbocycles. The highest BCUT2D eigenvalue weighted by atomic mass is 16.8. The van der Waals surface area contributed by atoms with Crippen LogP contribution in [0, 0.1) is 0 Å². The van der Waals surface area contributed by atoms with Crippen molar-refractivity contribution in [2.75, 3.05) is 46.2 Å². The Balaban J connectivity index is 1.27. The number of nitrogens with one attached hydrogen (secondary N) is 3. The average Bonchev–Trinajstić information content (AvgIpc) is 3.73. The van der Waals surface area contributed by atoms with Gasteiger partial charge in [-0.3, -0.25) is 14.4 Å². The highest BCUT2D eigenvalue weighted by molar-refractivity contribution is 5.74. The van der Waals surface area contributed by atoms with Crippen molar-refractivity contribution in [1.82, 2.24) is 16.0 Å². The molecule has 7 heterocycles. The predicted octanol–water partition coefficient (Wildman–Crippen LogP) is -15.2. The molecule has 0 bridgehead atoms. The van der Waals surface area contributed by atoms with Gasteiger partial charge in [0.1, 0.15) is 165 Å². The van der Waals surface area contributed by atoms with Gasteiger partial charge in [-0.1, -0.05) is 0 Å². The highest BCUT2D eigenvalue weighted by Gasteiger charge is 2.59. The van der Waals surface area contributed by atoms with Crippen molar-refractivity contribution < 1.29 is 173 Å². The summed E-state index contributed by atoms with van der Waals surface area (Å²) in [5.74, 6) is -2.44. The molecule has 492 valence electrons. The summed E-state index contributed by atoms with van der Waals surface area (Å²) in [5.41, 5.74) is 0. The monoisotopic (exact) mass is 1250 g/mol. The van der Waals surface area contributed by atoms with Crippen LogP contribution < -0.4 is 16.0 Å². The van der Waals surface area contributed by atoms with Crippen molar-refractivity contribution in [3.63, 3.8) is 0 Å². The number of aliphatic hydroxyl groups excluding tert-OH is 19. The van der Waals surface area contributed by atoms with Crippen LogP contribution in [0.5, 0.6) is 0 Å². The van der Waals surface area contributed by atoms with Gasteiger partial charge in [0.2, 0.25) is 17.7 Å². The van der Waals surface area contributed by atoms with Gasteiger partial charge in [0.15, 0.2) is 44.0 Å². The van der Waals surface area contributed by atoms with Gasteiger partial charge < -0.3 is 175 Å². The van der Waals surface area contributed by atoms with Gasteiger partial charge in [0, 0.05) is 20.8 Å². The van der Waals surface area contributed by atoms with Crippen molar-refractivity contribution in [3.8, 4) is 0 Å². The second-order valence-corrected chi connectivity index (χ2v) is 21.3. The molecule has 0 aromatic carbocycles. The average molecular weight is 1250 g/mol. The maximum Gasteiger partial charge on any atom is 0.217 e. The Labute approximate surface area is 481 Å². The quantitative estimate of drug-likeness (QED) is 0.0479. The fourth-order valence-corrected chi connectivity index (χ4v) is 10.9. The fourth-order valence-electron chi connectivity index (χ4n) is 10.9. The molecule has 22 N–H and O–H groups in total. The zero-order valence-corrected chi connectivity index (χ0v) is 45.6. The van der Waals surface area contributed by atoms with E-state index < -0.39 is 273 Å². The third-order valence-corrected chi connectivity index (χ3v) is 15.4. The van der Waals surface area contributed by atoms with E-state index in [1.807, 2.05) is 0 Å². The van der Waals surface area contributed by atoms with Crippen molar-refractivity contribution >= 4 is 17.7 Å². The Kier molecular flexibility index (Phi) is 24.8. The van der Waals surface area contributed by atoms with E-state index in [4.69, 9.17) is 61.6 Å². The molecule has 7 fully saturated rings. The zero-order valence-electron chi connectivity index (χ0n) is 45.6. The lowest BCUT2D eigenvalue weighted by atomic mass is 9.93. The Hall–Kier alpha value is -2.87. The van der Waals surface area contributed by atoms with E-state index >= 15 is 0 Å². The van der Waals surface area contributed by atoms with E-state index in [-0.39, 0.29) is 0 Å². The Morgan fingerprint density at radius 1 is 0.306 bits per heavy atom. The minimum atomic E-state index is -2.32. The molecular weight excluding hydrogens is 1170 g/mol. The van der Waals surface area contributed by atoms with Gasteiger partial charge in [0.05, 0.1) is 46.2 Å². The molecule has 85 heavy (non-hydrogen) atoms. The van der Waals surface area contributed by atoms with Crippen molar-refractivity contribution in [3.05, 3.63) is 0 Å². The summed E-state index contributed by atoms with van der Waals surface area (Å²) in [6.45, 7) is -4.00. The summed E-state index contributed by atoms with van der Waals surface area (Å²) < 4.78 is 76.8. The van der Waals surface area contributed by atoms with Crippen LogP contribution in [-0.4, -0.2) is 370 Å². The third kappa shape index (κ3) is 15.3. The Bertz CT molecular complexity index is 2130. The van der Waals surface area contributed by atoms with Gasteiger partial charge in [0.25, 0.3) is 0 Å². The number of carbonyl (C=O) groups is 3. The molecule has 0 spiro atoms. The second-order valence-electron chi connectivity index (χ2n) is 21.3. The van der Waals surface area contributed by atoms with E-state index in [0.29, 0.717) is 0 Å². The number of amides is 3. The third-order valence-electron chi connectivity index (χ3n) is 15.4. The summed E-state index contributed by atoms with van der Waals surface area (Å²) >= 11 is 0. The number of hydrogen-bond acceptors (Lipinski definition) is 35. The molecule has 38 nitrogen and oxygen atoms in total. The first kappa shape index (κ1) is 69.6. The van der Waals surface area contributed by atoms with E-state index in [1.165, 1.54) is 0 Å². The van der Waals surface area contributed by atoms with Crippen LogP contribution >= 0.6 is 0 Å². The number of ether oxygens (including phenoxy) is 13. The molecule has 0 radical (unpaired) electrons. The Morgan fingerprint density at radius 3 is 1.15 bits per heavy atom. The van der Waals surface area contributed by atoms with Gasteiger partial charge in [-0.15, -0.1) is 0 Å². The number of rotatable bonds is 22. The van der Waals surface area contributed by atoms with Crippen molar-refractivity contribution in [2.45, 2.75) is 229 Å². The molecule has 0 aromatic heterocycles. The number of carbonyl (C=O) groups excluding carboxylic acids is 3. The molecule has 7 saturated heterocycles. The molecular formula is C47H79N3O35. The molecule has 7 rings (SSSR count). The molecule has 7 aliphatic rings. The van der Waals surface area contributed by atoms with Crippen LogP contribution in [0.4, 0.5) is 0 Å². The number of aliphatic hydroxyl groups is 19. The minimum absolute atomic E-state index is 0.750. The van der Waals surface area contributed by atoms with Gasteiger partial charge in [-0.05, 0) is 0 Å². The maximum absolute atomic E-state index is 12.9. The van der Waals surface area contributed by atoms with Gasteiger partial charge >= 0.3 is 0 Å². The summed E-state index contributed by atoms with van der Waals surface area (Å²) in [5, 5.41) is 214. The first-order chi connectivity index (χ1) is 40.2. The molecule has 34 atom stereocenters. The summed E-state index contributed by atoms with van der Waals surface area (Å²) in [7, 11) is 0. The SMILES string of the molecule is CC(=O)N[C@H]1[C@H](O[C@H]2[C@H](O)[C@@H](NC(C)=O)C(O)O[C@@H]2CO)O[C@H](CO)[C@@H](O[C@@H]2O[C@H](CO[C@H]3O[C@H](CO)[C@@H](O)[C@H](O)[C@@H]3O[C@@H]3O[C@H](CO)[C@@H](O)[C@H](O)[C@H]3NC(C)=O)[C@@H](O)[C@H](O[C@H]3O[C@H](CO)[C@@H](O)[C@H](O)[C@@H]3O)[C@@H]2O[C@@H]2O[C@H](CO)[C@H](O)[C@H]2O)[C@@H]1O. The summed E-state index contributed by atoms with van der Waals surface area (Å²) in [6.07, 6.45) is -61.3. The van der Waals surface area contributed by atoms with Crippen LogP contribution in [0.15, 0.2) is 0 Å². The number of hydrogen-bond donors (Lipinski definition) is 22. The van der Waals surface area contributed by atoms with Gasteiger partial charge in [-0.25, -0.2) is 0 Å². The van der Waals surface area contributed by atoms with Gasteiger partial charge in [-0.2, -0.15) is 0 Å². The fraction of sp³-hybridized carbons (Fsp3) is 0.936. The molecule has 0 aromatic rings. The van der Waals surface area contributed by atoms with E-state index in [0.717, 1.165) is 20.8 Å². The van der Waals surface area contributed by atoms with E-state index in [1.54, 1.807) is 0 Å².